The minimum absolute atomic E-state index is 0.274. The SMILES string of the molecule is COc1ccc(C(=O)O)cc1NC1CSCC(C)(C)C1. The molecule has 2 rings (SSSR count). The maximum absolute atomic E-state index is 11.1. The third-order valence-electron chi connectivity index (χ3n) is 3.42. The van der Waals surface area contributed by atoms with Crippen molar-refractivity contribution in [1.82, 2.24) is 0 Å². The number of carboxylic acids is 1. The third-order valence-corrected chi connectivity index (χ3v) is 5.04. The molecular weight excluding hydrogens is 274 g/mol. The van der Waals surface area contributed by atoms with Crippen molar-refractivity contribution in [2.24, 2.45) is 5.41 Å². The second-order valence-corrected chi connectivity index (χ2v) is 6.98. The number of aromatic carboxylic acids is 1. The van der Waals surface area contributed by atoms with E-state index in [0.29, 0.717) is 17.2 Å². The summed E-state index contributed by atoms with van der Waals surface area (Å²) in [5, 5.41) is 12.5. The molecule has 0 aromatic heterocycles. The lowest BCUT2D eigenvalue weighted by Crippen LogP contribution is -2.35. The molecule has 1 heterocycles. The summed E-state index contributed by atoms with van der Waals surface area (Å²) in [6.07, 6.45) is 1.07. The van der Waals surface area contributed by atoms with Gasteiger partial charge >= 0.3 is 5.97 Å². The molecule has 0 bridgehead atoms. The zero-order valence-corrected chi connectivity index (χ0v) is 12.9. The fourth-order valence-electron chi connectivity index (χ4n) is 2.53. The van der Waals surface area contributed by atoms with Crippen molar-refractivity contribution in [2.75, 3.05) is 23.9 Å². The highest BCUT2D eigenvalue weighted by Crippen LogP contribution is 2.36. The van der Waals surface area contributed by atoms with E-state index in [1.807, 2.05) is 11.8 Å². The summed E-state index contributed by atoms with van der Waals surface area (Å²) in [7, 11) is 1.60. The van der Waals surface area contributed by atoms with Gasteiger partial charge in [0.05, 0.1) is 18.4 Å². The van der Waals surface area contributed by atoms with Crippen molar-refractivity contribution in [1.29, 1.82) is 0 Å². The molecule has 1 unspecified atom stereocenters. The molecule has 1 aromatic rings. The molecule has 0 saturated carbocycles. The average Bonchev–Trinajstić information content (AvgIpc) is 2.37. The average molecular weight is 295 g/mol. The van der Waals surface area contributed by atoms with Gasteiger partial charge in [-0.05, 0) is 35.8 Å². The van der Waals surface area contributed by atoms with Gasteiger partial charge in [0.2, 0.25) is 0 Å². The Morgan fingerprint density at radius 3 is 2.85 bits per heavy atom. The normalized spacial score (nSPS) is 21.2. The second kappa shape index (κ2) is 5.95. The van der Waals surface area contributed by atoms with Crippen LogP contribution in [0.3, 0.4) is 0 Å². The number of carboxylic acid groups (broad SMARTS) is 1. The van der Waals surface area contributed by atoms with Crippen molar-refractivity contribution in [3.8, 4) is 5.75 Å². The van der Waals surface area contributed by atoms with E-state index in [1.54, 1.807) is 25.3 Å². The van der Waals surface area contributed by atoms with Crippen LogP contribution in [0.5, 0.6) is 5.75 Å². The lowest BCUT2D eigenvalue weighted by molar-refractivity contribution is 0.0697. The minimum Gasteiger partial charge on any atom is -0.495 e. The van der Waals surface area contributed by atoms with E-state index in [-0.39, 0.29) is 5.56 Å². The van der Waals surface area contributed by atoms with E-state index >= 15 is 0 Å². The highest BCUT2D eigenvalue weighted by atomic mass is 32.2. The highest BCUT2D eigenvalue weighted by molar-refractivity contribution is 7.99. The smallest absolute Gasteiger partial charge is 0.335 e. The van der Waals surface area contributed by atoms with Gasteiger partial charge in [0.1, 0.15) is 5.75 Å². The number of rotatable bonds is 4. The van der Waals surface area contributed by atoms with Crippen molar-refractivity contribution in [3.63, 3.8) is 0 Å². The van der Waals surface area contributed by atoms with Crippen LogP contribution in [0.2, 0.25) is 0 Å². The highest BCUT2D eigenvalue weighted by Gasteiger charge is 2.28. The van der Waals surface area contributed by atoms with Gasteiger partial charge in [0.15, 0.2) is 0 Å². The number of thioether (sulfide) groups is 1. The lowest BCUT2D eigenvalue weighted by atomic mass is 9.87. The molecule has 2 N–H and O–H groups in total. The van der Waals surface area contributed by atoms with E-state index in [1.165, 1.54) is 0 Å². The molecule has 0 spiro atoms. The van der Waals surface area contributed by atoms with Crippen LogP contribution in [0.25, 0.3) is 0 Å². The predicted octanol–water partition coefficient (Wildman–Crippen LogP) is 3.34. The summed E-state index contributed by atoms with van der Waals surface area (Å²) in [6.45, 7) is 4.53. The van der Waals surface area contributed by atoms with E-state index in [2.05, 4.69) is 19.2 Å². The Morgan fingerprint density at radius 2 is 2.25 bits per heavy atom. The molecular formula is C15H21NO3S. The molecule has 1 saturated heterocycles. The molecule has 1 atom stereocenters. The minimum atomic E-state index is -0.922. The first-order valence-electron chi connectivity index (χ1n) is 6.67. The first kappa shape index (κ1) is 15.0. The topological polar surface area (TPSA) is 58.6 Å². The maximum atomic E-state index is 11.1. The number of nitrogens with one attached hydrogen (secondary N) is 1. The largest absolute Gasteiger partial charge is 0.495 e. The lowest BCUT2D eigenvalue weighted by Gasteiger charge is -2.35. The Hall–Kier alpha value is -1.36. The number of hydrogen-bond donors (Lipinski definition) is 2. The molecule has 0 radical (unpaired) electrons. The van der Waals surface area contributed by atoms with Gasteiger partial charge in [-0.1, -0.05) is 13.8 Å². The molecule has 5 heteroatoms. The second-order valence-electron chi connectivity index (χ2n) is 5.94. The number of benzene rings is 1. The Morgan fingerprint density at radius 1 is 1.50 bits per heavy atom. The number of ether oxygens (including phenoxy) is 1. The van der Waals surface area contributed by atoms with Gasteiger partial charge in [-0.25, -0.2) is 4.79 Å². The Kier molecular flexibility index (Phi) is 4.48. The summed E-state index contributed by atoms with van der Waals surface area (Å²) in [4.78, 5) is 11.1. The van der Waals surface area contributed by atoms with Crippen LogP contribution in [0.15, 0.2) is 18.2 Å². The van der Waals surface area contributed by atoms with Crippen molar-refractivity contribution in [3.05, 3.63) is 23.8 Å². The molecule has 110 valence electrons. The molecule has 20 heavy (non-hydrogen) atoms. The quantitative estimate of drug-likeness (QED) is 0.892. The zero-order valence-electron chi connectivity index (χ0n) is 12.1. The van der Waals surface area contributed by atoms with E-state index in [4.69, 9.17) is 9.84 Å². The Balaban J connectivity index is 2.18. The zero-order chi connectivity index (χ0) is 14.8. The standard InChI is InChI=1S/C15H21NO3S/c1-15(2)7-11(8-20-9-15)16-12-6-10(14(17)18)4-5-13(12)19-3/h4-6,11,16H,7-9H2,1-3H3,(H,17,18). The van der Waals surface area contributed by atoms with Crippen LogP contribution >= 0.6 is 11.8 Å². The van der Waals surface area contributed by atoms with Crippen molar-refractivity contribution >= 4 is 23.4 Å². The number of anilines is 1. The fraction of sp³-hybridized carbons (Fsp3) is 0.533. The van der Waals surface area contributed by atoms with Crippen LogP contribution in [0, 0.1) is 5.41 Å². The van der Waals surface area contributed by atoms with Crippen LogP contribution < -0.4 is 10.1 Å². The van der Waals surface area contributed by atoms with E-state index in [9.17, 15) is 4.79 Å². The molecule has 1 aromatic carbocycles. The van der Waals surface area contributed by atoms with Gasteiger partial charge in [-0.15, -0.1) is 0 Å². The summed E-state index contributed by atoms with van der Waals surface area (Å²) in [5.41, 5.74) is 1.34. The van der Waals surface area contributed by atoms with Crippen LogP contribution in [-0.2, 0) is 0 Å². The third kappa shape index (κ3) is 3.60. The molecule has 1 aliphatic heterocycles. The Bertz CT molecular complexity index is 502. The molecule has 4 nitrogen and oxygen atoms in total. The van der Waals surface area contributed by atoms with Gasteiger partial charge in [-0.2, -0.15) is 11.8 Å². The van der Waals surface area contributed by atoms with Crippen LogP contribution in [0.4, 0.5) is 5.69 Å². The van der Waals surface area contributed by atoms with E-state index < -0.39 is 5.97 Å². The van der Waals surface area contributed by atoms with Gasteiger partial charge in [0, 0.05) is 11.8 Å². The van der Waals surface area contributed by atoms with E-state index in [0.717, 1.165) is 23.6 Å². The maximum Gasteiger partial charge on any atom is 0.335 e. The van der Waals surface area contributed by atoms with Crippen LogP contribution in [-0.4, -0.2) is 35.7 Å². The molecule has 0 aliphatic carbocycles. The number of carbonyl (C=O) groups is 1. The Labute approximate surface area is 123 Å². The fourth-order valence-corrected chi connectivity index (χ4v) is 3.80. The van der Waals surface area contributed by atoms with Crippen LogP contribution in [0.1, 0.15) is 30.6 Å². The summed E-state index contributed by atoms with van der Waals surface area (Å²) < 4.78 is 5.31. The first-order chi connectivity index (χ1) is 9.41. The number of methoxy groups -OCH3 is 1. The summed E-state index contributed by atoms with van der Waals surface area (Å²) in [6, 6.07) is 5.24. The predicted molar refractivity (Wildman–Crippen MR) is 83.1 cm³/mol. The molecule has 1 fully saturated rings. The van der Waals surface area contributed by atoms with Gasteiger partial charge in [-0.3, -0.25) is 0 Å². The van der Waals surface area contributed by atoms with Gasteiger partial charge < -0.3 is 15.2 Å². The molecule has 0 amide bonds. The first-order valence-corrected chi connectivity index (χ1v) is 7.82. The van der Waals surface area contributed by atoms with Crippen molar-refractivity contribution < 1.29 is 14.6 Å². The number of hydrogen-bond acceptors (Lipinski definition) is 4. The monoisotopic (exact) mass is 295 g/mol. The summed E-state index contributed by atoms with van der Waals surface area (Å²) in [5.74, 6) is 1.96. The van der Waals surface area contributed by atoms with Crippen molar-refractivity contribution in [2.45, 2.75) is 26.3 Å². The molecule has 1 aliphatic rings. The van der Waals surface area contributed by atoms with Gasteiger partial charge in [0.25, 0.3) is 0 Å². The summed E-state index contributed by atoms with van der Waals surface area (Å²) >= 11 is 1.93.